The maximum atomic E-state index is 9.14. The van der Waals surface area contributed by atoms with Crippen LogP contribution in [0.4, 0.5) is 5.69 Å². The average Bonchev–Trinajstić information content (AvgIpc) is 3.07. The number of nitrogens with zero attached hydrogens (tertiary/aromatic N) is 2. The molecule has 1 aromatic rings. The normalized spacial score (nSPS) is 16.8. The second-order valence-electron chi connectivity index (χ2n) is 4.02. The Morgan fingerprint density at radius 3 is 3.00 bits per heavy atom. The van der Waals surface area contributed by atoms with Crippen molar-refractivity contribution < 1.29 is 5.11 Å². The van der Waals surface area contributed by atoms with Crippen LogP contribution < -0.4 is 5.32 Å². The third kappa shape index (κ3) is 2.08. The molecule has 1 aliphatic carbocycles. The molecule has 1 heterocycles. The molecule has 1 aliphatic rings. The van der Waals surface area contributed by atoms with Crippen molar-refractivity contribution in [2.24, 2.45) is 5.41 Å². The Balaban J connectivity index is 2.02. The predicted octanol–water partition coefficient (Wildman–Crippen LogP) is 1.14. The Kier molecular flexibility index (Phi) is 2.57. The second-order valence-corrected chi connectivity index (χ2v) is 4.02. The van der Waals surface area contributed by atoms with E-state index in [2.05, 4.69) is 10.3 Å². The molecule has 4 heteroatoms. The van der Waals surface area contributed by atoms with Crippen LogP contribution in [0.15, 0.2) is 18.3 Å². The Labute approximate surface area is 88.6 Å². The number of pyridine rings is 1. The molecule has 15 heavy (non-hydrogen) atoms. The number of hydrogen-bond donors (Lipinski definition) is 2. The fourth-order valence-corrected chi connectivity index (χ4v) is 1.49. The molecule has 4 nitrogen and oxygen atoms in total. The molecule has 0 aliphatic heterocycles. The summed E-state index contributed by atoms with van der Waals surface area (Å²) >= 11 is 0. The van der Waals surface area contributed by atoms with Crippen LogP contribution in [0.3, 0.4) is 0 Å². The minimum Gasteiger partial charge on any atom is -0.396 e. The average molecular weight is 203 g/mol. The minimum atomic E-state index is 0.0442. The van der Waals surface area contributed by atoms with Crippen LogP contribution in [0, 0.1) is 16.7 Å². The molecular formula is C11H13N3O. The molecule has 0 unspecified atom stereocenters. The molecule has 78 valence electrons. The van der Waals surface area contributed by atoms with Gasteiger partial charge in [0, 0.05) is 18.2 Å². The minimum absolute atomic E-state index is 0.0442. The second kappa shape index (κ2) is 3.87. The van der Waals surface area contributed by atoms with E-state index in [0.717, 1.165) is 18.5 Å². The third-order valence-electron chi connectivity index (χ3n) is 2.86. The van der Waals surface area contributed by atoms with Gasteiger partial charge >= 0.3 is 0 Å². The van der Waals surface area contributed by atoms with Crippen LogP contribution in [-0.2, 0) is 0 Å². The van der Waals surface area contributed by atoms with E-state index in [4.69, 9.17) is 10.4 Å². The summed E-state index contributed by atoms with van der Waals surface area (Å²) in [6.07, 6.45) is 3.71. The molecule has 0 spiro atoms. The summed E-state index contributed by atoms with van der Waals surface area (Å²) in [5.41, 5.74) is 1.20. The van der Waals surface area contributed by atoms with Crippen molar-refractivity contribution >= 4 is 5.69 Å². The third-order valence-corrected chi connectivity index (χ3v) is 2.86. The molecule has 0 aromatic carbocycles. The van der Waals surface area contributed by atoms with E-state index in [9.17, 15) is 0 Å². The first kappa shape index (κ1) is 9.94. The number of hydrogen-bond acceptors (Lipinski definition) is 4. The topological polar surface area (TPSA) is 68.9 Å². The van der Waals surface area contributed by atoms with Crippen LogP contribution in [0.5, 0.6) is 0 Å². The van der Waals surface area contributed by atoms with Crippen molar-refractivity contribution in [1.82, 2.24) is 4.98 Å². The lowest BCUT2D eigenvalue weighted by atomic mass is 10.1. The van der Waals surface area contributed by atoms with Crippen LogP contribution in [0.2, 0.25) is 0 Å². The summed E-state index contributed by atoms with van der Waals surface area (Å²) in [4.78, 5) is 3.96. The molecule has 0 radical (unpaired) electrons. The van der Waals surface area contributed by atoms with Gasteiger partial charge < -0.3 is 10.4 Å². The zero-order valence-electron chi connectivity index (χ0n) is 8.40. The molecular weight excluding hydrogens is 190 g/mol. The highest BCUT2D eigenvalue weighted by Crippen LogP contribution is 2.44. The lowest BCUT2D eigenvalue weighted by Crippen LogP contribution is -2.19. The van der Waals surface area contributed by atoms with Crippen molar-refractivity contribution in [1.29, 1.82) is 5.26 Å². The zero-order chi connectivity index (χ0) is 10.7. The van der Waals surface area contributed by atoms with Gasteiger partial charge in [-0.15, -0.1) is 0 Å². The number of nitriles is 1. The summed E-state index contributed by atoms with van der Waals surface area (Å²) < 4.78 is 0. The standard InChI is InChI=1S/C11H13N3O/c12-6-10-9(2-1-5-13-10)14-7-11(8-15)3-4-11/h1-2,5,14-15H,3-4,7-8H2. The molecule has 0 atom stereocenters. The van der Waals surface area contributed by atoms with Crippen LogP contribution >= 0.6 is 0 Å². The monoisotopic (exact) mass is 203 g/mol. The number of nitrogens with one attached hydrogen (secondary N) is 1. The number of rotatable bonds is 4. The van der Waals surface area contributed by atoms with Crippen molar-refractivity contribution in [3.8, 4) is 6.07 Å². The predicted molar refractivity (Wildman–Crippen MR) is 56.2 cm³/mol. The van der Waals surface area contributed by atoms with Crippen LogP contribution in [0.25, 0.3) is 0 Å². The fourth-order valence-electron chi connectivity index (χ4n) is 1.49. The number of aromatic nitrogens is 1. The van der Waals surface area contributed by atoms with Gasteiger partial charge in [0.2, 0.25) is 0 Å². The van der Waals surface area contributed by atoms with E-state index in [1.165, 1.54) is 0 Å². The molecule has 1 saturated carbocycles. The van der Waals surface area contributed by atoms with Gasteiger partial charge in [-0.3, -0.25) is 0 Å². The van der Waals surface area contributed by atoms with Crippen molar-refractivity contribution in [3.05, 3.63) is 24.0 Å². The Bertz CT molecular complexity index is 393. The Morgan fingerprint density at radius 2 is 2.40 bits per heavy atom. The molecule has 2 rings (SSSR count). The van der Waals surface area contributed by atoms with Gasteiger partial charge in [0.1, 0.15) is 6.07 Å². The molecule has 0 amide bonds. The van der Waals surface area contributed by atoms with E-state index in [1.807, 2.05) is 12.1 Å². The fraction of sp³-hybridized carbons (Fsp3) is 0.455. The van der Waals surface area contributed by atoms with Gasteiger partial charge in [-0.1, -0.05) is 0 Å². The summed E-state index contributed by atoms with van der Waals surface area (Å²) in [5, 5.41) is 21.1. The van der Waals surface area contributed by atoms with Gasteiger partial charge in [0.25, 0.3) is 0 Å². The van der Waals surface area contributed by atoms with Gasteiger partial charge in [-0.05, 0) is 25.0 Å². The summed E-state index contributed by atoms with van der Waals surface area (Å²) in [5.74, 6) is 0. The highest BCUT2D eigenvalue weighted by molar-refractivity contribution is 5.53. The lowest BCUT2D eigenvalue weighted by molar-refractivity contribution is 0.220. The summed E-state index contributed by atoms with van der Waals surface area (Å²) in [6.45, 7) is 0.923. The number of anilines is 1. The largest absolute Gasteiger partial charge is 0.396 e. The van der Waals surface area contributed by atoms with Crippen LogP contribution in [0.1, 0.15) is 18.5 Å². The van der Waals surface area contributed by atoms with Gasteiger partial charge in [-0.2, -0.15) is 5.26 Å². The van der Waals surface area contributed by atoms with E-state index in [0.29, 0.717) is 12.2 Å². The van der Waals surface area contributed by atoms with E-state index < -0.39 is 0 Å². The van der Waals surface area contributed by atoms with E-state index >= 15 is 0 Å². The van der Waals surface area contributed by atoms with Gasteiger partial charge in [0.05, 0.1) is 12.3 Å². The van der Waals surface area contributed by atoms with Gasteiger partial charge in [0.15, 0.2) is 5.69 Å². The van der Waals surface area contributed by atoms with E-state index in [-0.39, 0.29) is 12.0 Å². The number of aliphatic hydroxyl groups excluding tert-OH is 1. The van der Waals surface area contributed by atoms with Crippen molar-refractivity contribution in [2.75, 3.05) is 18.5 Å². The first-order valence-electron chi connectivity index (χ1n) is 4.99. The van der Waals surface area contributed by atoms with Crippen molar-refractivity contribution in [2.45, 2.75) is 12.8 Å². The van der Waals surface area contributed by atoms with Crippen LogP contribution in [-0.4, -0.2) is 23.2 Å². The highest BCUT2D eigenvalue weighted by Gasteiger charge is 2.41. The Morgan fingerprint density at radius 1 is 1.60 bits per heavy atom. The molecule has 1 fully saturated rings. The van der Waals surface area contributed by atoms with E-state index in [1.54, 1.807) is 12.3 Å². The zero-order valence-corrected chi connectivity index (χ0v) is 8.40. The van der Waals surface area contributed by atoms with Crippen molar-refractivity contribution in [3.63, 3.8) is 0 Å². The first-order valence-corrected chi connectivity index (χ1v) is 4.99. The van der Waals surface area contributed by atoms with Gasteiger partial charge in [-0.25, -0.2) is 4.98 Å². The maximum absolute atomic E-state index is 9.14. The Hall–Kier alpha value is -1.60. The summed E-state index contributed by atoms with van der Waals surface area (Å²) in [6, 6.07) is 5.66. The highest BCUT2D eigenvalue weighted by atomic mass is 16.3. The molecule has 0 saturated heterocycles. The smallest absolute Gasteiger partial charge is 0.163 e. The SMILES string of the molecule is N#Cc1ncccc1NCC1(CO)CC1. The first-order chi connectivity index (χ1) is 7.29. The molecule has 0 bridgehead atoms. The molecule has 1 aromatic heterocycles. The quantitative estimate of drug-likeness (QED) is 0.769. The summed E-state index contributed by atoms with van der Waals surface area (Å²) in [7, 11) is 0. The lowest BCUT2D eigenvalue weighted by Gasteiger charge is -2.13. The maximum Gasteiger partial charge on any atom is 0.163 e. The molecule has 2 N–H and O–H groups in total. The number of aliphatic hydroxyl groups is 1.